The lowest BCUT2D eigenvalue weighted by Gasteiger charge is -2.63. The van der Waals surface area contributed by atoms with Crippen molar-refractivity contribution >= 4 is 59.2 Å². The summed E-state index contributed by atoms with van der Waals surface area (Å²) in [6.45, 7) is 10.8. The number of amides is 7. The fourth-order valence-corrected chi connectivity index (χ4v) is 15.7. The second kappa shape index (κ2) is 36.0. The number of alkyl carbamates (subject to hydrolysis) is 2. The summed E-state index contributed by atoms with van der Waals surface area (Å²) in [4.78, 5) is 117. The van der Waals surface area contributed by atoms with Crippen LogP contribution in [0.2, 0.25) is 0 Å². The molecule has 1 heterocycles. The molecule has 9 N–H and O–H groups in total. The summed E-state index contributed by atoms with van der Waals surface area (Å²) >= 11 is 0. The van der Waals surface area contributed by atoms with Crippen LogP contribution in [0.4, 0.5) is 28.9 Å². The molecule has 6 aliphatic carbocycles. The number of allylic oxidation sites excluding steroid dienone is 4. The van der Waals surface area contributed by atoms with Crippen LogP contribution >= 0.6 is 0 Å². The second-order valence-electron chi connectivity index (χ2n) is 28.0. The number of aliphatic hydroxyl groups is 1. The minimum atomic E-state index is -2.39. The Morgan fingerprint density at radius 3 is 2.07 bits per heavy atom. The van der Waals surface area contributed by atoms with Gasteiger partial charge in [0.1, 0.15) is 24.9 Å². The standard InChI is InChI=1S/C74H99F2N7O19/c1-6-12-63-101-61-39-54-55-38-57(75)56-37-50(84)24-26-71(56,4)73(55,76)59(85)40-72(54,5)74(61,102-63)60(86)44-98-67(90)48-20-16-46(17-21-48)41-80-70(93)99-42-47-18-22-49(23-19-47)81-65(88)58(15-11-27-78-68(77)91)82-66(89)64(45(2)3)83-62(87)25-29-94-31-33-96-35-36-97-34-32-95-30-28-79-69(92)100-43-53-51-13-9-7-8-10-14-52(51)53/h16-24,26,37,45,51-55,57-59,61,63-64,85H,6,9-15,25,27-36,38-44H2,1-5H3,(H,79,92)(H,80,93)(H,81,88)(H,82,89)(H,83,87)(H3,77,78,91)/t51-,52+,53?,54-,55-,57-,58-,59-,61+,63?,64-,71-,72-,73-,74+/m0/s1. The number of carbonyl (C=O) groups is 9. The van der Waals surface area contributed by atoms with E-state index in [2.05, 4.69) is 43.7 Å². The molecule has 0 radical (unpaired) electrons. The Balaban J connectivity index is 0.648. The number of benzene rings is 2. The summed E-state index contributed by atoms with van der Waals surface area (Å²) < 4.78 is 85.6. The molecule has 2 unspecified atom stereocenters. The van der Waals surface area contributed by atoms with Crippen LogP contribution in [0.1, 0.15) is 133 Å². The van der Waals surface area contributed by atoms with E-state index >= 15 is 8.78 Å². The highest BCUT2D eigenvalue weighted by molar-refractivity contribution is 6.02. The van der Waals surface area contributed by atoms with E-state index in [9.17, 15) is 48.3 Å². The van der Waals surface area contributed by atoms with Gasteiger partial charge in [-0.05, 0) is 141 Å². The summed E-state index contributed by atoms with van der Waals surface area (Å²) in [5.74, 6) is 2.31. The van der Waals surface area contributed by atoms with Gasteiger partial charge in [0.05, 0.1) is 77.2 Å². The molecule has 1 saturated heterocycles. The van der Waals surface area contributed by atoms with Crippen molar-refractivity contribution < 1.29 is 99.7 Å². The monoisotopic (exact) mass is 1430 g/mol. The number of carbonyl (C=O) groups excluding carboxylic acids is 9. The van der Waals surface area contributed by atoms with Gasteiger partial charge in [0, 0.05) is 61.3 Å². The van der Waals surface area contributed by atoms with Gasteiger partial charge in [0.2, 0.25) is 23.5 Å². The first-order chi connectivity index (χ1) is 48.9. The number of primary amides is 1. The van der Waals surface area contributed by atoms with Crippen molar-refractivity contribution in [1.29, 1.82) is 0 Å². The molecule has 26 nitrogen and oxygen atoms in total. The normalized spacial score (nSPS) is 28.4. The second-order valence-corrected chi connectivity index (χ2v) is 28.0. The van der Waals surface area contributed by atoms with E-state index in [1.807, 2.05) is 6.92 Å². The van der Waals surface area contributed by atoms with Crippen molar-refractivity contribution in [2.75, 3.05) is 84.5 Å². The van der Waals surface area contributed by atoms with Crippen molar-refractivity contribution in [2.45, 2.75) is 173 Å². The number of ether oxygens (including phenoxy) is 9. The van der Waals surface area contributed by atoms with Gasteiger partial charge in [-0.3, -0.25) is 24.0 Å². The molecule has 2 aromatic rings. The number of halogens is 2. The number of nitrogens with one attached hydrogen (secondary N) is 6. The Bertz CT molecular complexity index is 3400. The van der Waals surface area contributed by atoms with E-state index in [4.69, 9.17) is 48.4 Å². The Labute approximate surface area is 593 Å². The highest BCUT2D eigenvalue weighted by Crippen LogP contribution is 2.72. The predicted octanol–water partition coefficient (Wildman–Crippen LogP) is 6.68. The minimum absolute atomic E-state index is 0.00462. The van der Waals surface area contributed by atoms with Crippen LogP contribution in [0.3, 0.4) is 0 Å². The molecule has 0 spiro atoms. The van der Waals surface area contributed by atoms with E-state index in [1.165, 1.54) is 31.2 Å². The van der Waals surface area contributed by atoms with Gasteiger partial charge < -0.3 is 85.4 Å². The van der Waals surface area contributed by atoms with Gasteiger partial charge in [0.25, 0.3) is 0 Å². The molecule has 558 valence electrons. The largest absolute Gasteiger partial charge is 0.454 e. The van der Waals surface area contributed by atoms with E-state index in [0.29, 0.717) is 93.6 Å². The summed E-state index contributed by atoms with van der Waals surface area (Å²) in [5.41, 5.74) is -0.231. The molecule has 2 aromatic carbocycles. The van der Waals surface area contributed by atoms with Crippen molar-refractivity contribution in [3.05, 3.63) is 89.0 Å². The predicted molar refractivity (Wildman–Crippen MR) is 365 cm³/mol. The number of alkyl halides is 2. The molecule has 9 rings (SSSR count). The number of rotatable bonds is 37. The van der Waals surface area contributed by atoms with Crippen LogP contribution < -0.4 is 37.6 Å². The van der Waals surface area contributed by atoms with Crippen LogP contribution in [0, 0.1) is 58.2 Å². The van der Waals surface area contributed by atoms with Gasteiger partial charge in [-0.15, -0.1) is 11.8 Å². The minimum Gasteiger partial charge on any atom is -0.454 e. The molecule has 5 fully saturated rings. The summed E-state index contributed by atoms with van der Waals surface area (Å²) in [5, 5.41) is 28.0. The zero-order valence-corrected chi connectivity index (χ0v) is 58.8. The summed E-state index contributed by atoms with van der Waals surface area (Å²) in [6, 6.07) is 9.61. The fourth-order valence-electron chi connectivity index (χ4n) is 15.7. The number of esters is 1. The van der Waals surface area contributed by atoms with E-state index in [0.717, 1.165) is 31.8 Å². The quantitative estimate of drug-likeness (QED) is 0.0151. The molecule has 4 saturated carbocycles. The third kappa shape index (κ3) is 18.9. The maximum Gasteiger partial charge on any atom is 0.407 e. The number of ketones is 2. The number of hydrogen-bond acceptors (Lipinski definition) is 19. The van der Waals surface area contributed by atoms with Crippen molar-refractivity contribution in [2.24, 2.45) is 52.1 Å². The van der Waals surface area contributed by atoms with Crippen molar-refractivity contribution in [1.82, 2.24) is 26.6 Å². The fraction of sp³-hybridized carbons (Fsp3) is 0.635. The summed E-state index contributed by atoms with van der Waals surface area (Å²) in [7, 11) is 0. The molecule has 0 aromatic heterocycles. The maximum atomic E-state index is 17.9. The number of anilines is 1. The molecular weight excluding hydrogens is 1330 g/mol. The average molecular weight is 1430 g/mol. The molecular formula is C74H99F2N7O19. The van der Waals surface area contributed by atoms with Crippen molar-refractivity contribution in [3.8, 4) is 11.8 Å². The summed E-state index contributed by atoms with van der Waals surface area (Å²) in [6.07, 6.45) is 2.30. The van der Waals surface area contributed by atoms with Crippen LogP contribution in [0.25, 0.3) is 0 Å². The maximum absolute atomic E-state index is 17.9. The number of aliphatic hydroxyl groups excluding tert-OH is 1. The van der Waals surface area contributed by atoms with Gasteiger partial charge >= 0.3 is 24.2 Å². The lowest BCUT2D eigenvalue weighted by Crippen LogP contribution is -2.71. The van der Waals surface area contributed by atoms with E-state index in [-0.39, 0.29) is 95.1 Å². The Kier molecular flexibility index (Phi) is 27.6. The number of Topliss-reactive ketones (excluding diaryl/α,β-unsaturated/α-hetero) is 1. The first-order valence-corrected chi connectivity index (χ1v) is 35.6. The van der Waals surface area contributed by atoms with Gasteiger partial charge in [-0.1, -0.05) is 64.5 Å². The van der Waals surface area contributed by atoms with Gasteiger partial charge in [0.15, 0.2) is 29.9 Å². The number of nitrogens with two attached hydrogens (primary N) is 1. The smallest absolute Gasteiger partial charge is 0.407 e. The Morgan fingerprint density at radius 2 is 1.41 bits per heavy atom. The van der Waals surface area contributed by atoms with Gasteiger partial charge in [-0.25, -0.2) is 28.0 Å². The topological polar surface area (TPSA) is 355 Å². The lowest BCUT2D eigenvalue weighted by molar-refractivity contribution is -0.234. The zero-order chi connectivity index (χ0) is 73.2. The highest BCUT2D eigenvalue weighted by atomic mass is 19.1. The molecule has 15 atom stereocenters. The zero-order valence-electron chi connectivity index (χ0n) is 58.8. The lowest BCUT2D eigenvalue weighted by atomic mass is 9.44. The van der Waals surface area contributed by atoms with E-state index < -0.39 is 131 Å². The van der Waals surface area contributed by atoms with Crippen LogP contribution in [0.15, 0.2) is 72.3 Å². The van der Waals surface area contributed by atoms with E-state index in [1.54, 1.807) is 57.2 Å². The van der Waals surface area contributed by atoms with Crippen LogP contribution in [-0.4, -0.2) is 186 Å². The number of fused-ring (bicyclic) bond motifs is 8. The van der Waals surface area contributed by atoms with Gasteiger partial charge in [-0.2, -0.15) is 0 Å². The highest BCUT2D eigenvalue weighted by Gasteiger charge is 2.80. The molecule has 102 heavy (non-hydrogen) atoms. The average Bonchev–Trinajstić information content (AvgIpc) is 1.49. The molecule has 28 heteroatoms. The Morgan fingerprint density at radius 1 is 0.765 bits per heavy atom. The van der Waals surface area contributed by atoms with Crippen molar-refractivity contribution in [3.63, 3.8) is 0 Å². The molecule has 7 aliphatic rings. The Hall–Kier alpha value is -7.91. The third-order valence-corrected chi connectivity index (χ3v) is 21.1. The number of hydrogen-bond donors (Lipinski definition) is 8. The molecule has 7 amide bonds. The SMILES string of the molecule is CCCC1O[C@@H]2C[C@H]3[C@@H]4C[C@H](F)C5=CC(=O)C=C[C@]5(C)[C@@]4(F)[C@@H](O)C[C@]3(C)[C@]2(C(=O)COC(=O)c2ccc(CNC(=O)OCc3ccc(NC(=O)[C@H](CCCNC(N)=O)NC(=O)[C@@H](NC(=O)CCOCCOCCOCCOCCNC(=O)OCC4[C@H]5CCC#CCC[C@@H]45)C(C)C)cc3)cc2)O1. The molecule has 0 bridgehead atoms. The van der Waals surface area contributed by atoms with Crippen LogP contribution in [-0.2, 0) is 79.8 Å². The first-order valence-electron chi connectivity index (χ1n) is 35.6. The number of urea groups is 1. The first kappa shape index (κ1) is 78.2. The van der Waals surface area contributed by atoms with Crippen LogP contribution in [0.5, 0.6) is 0 Å². The third-order valence-electron chi connectivity index (χ3n) is 21.1. The molecule has 1 aliphatic heterocycles.